The van der Waals surface area contributed by atoms with Crippen LogP contribution in [-0.4, -0.2) is 20.2 Å². The van der Waals surface area contributed by atoms with Crippen LogP contribution < -0.4 is 5.73 Å². The first-order chi connectivity index (χ1) is 7.34. The Balaban J connectivity index is 2.29. The van der Waals surface area contributed by atoms with Gasteiger partial charge in [-0.3, -0.25) is 5.10 Å². The number of aromatic nitrogens is 4. The first-order valence-electron chi connectivity index (χ1n) is 4.35. The van der Waals surface area contributed by atoms with Gasteiger partial charge in [0.25, 0.3) is 0 Å². The summed E-state index contributed by atoms with van der Waals surface area (Å²) in [5.41, 5.74) is 7.22. The van der Waals surface area contributed by atoms with Gasteiger partial charge in [0.2, 0.25) is 0 Å². The molecule has 0 fully saturated rings. The van der Waals surface area contributed by atoms with Crippen LogP contribution in [0.25, 0.3) is 21.7 Å². The molecule has 0 bridgehead atoms. The minimum absolute atomic E-state index is 0.431. The number of rotatable bonds is 1. The number of aromatic amines is 1. The van der Waals surface area contributed by atoms with E-state index in [9.17, 15) is 0 Å². The van der Waals surface area contributed by atoms with Gasteiger partial charge < -0.3 is 5.73 Å². The van der Waals surface area contributed by atoms with E-state index >= 15 is 0 Å². The van der Waals surface area contributed by atoms with Crippen molar-refractivity contribution in [1.82, 2.24) is 20.2 Å². The van der Waals surface area contributed by atoms with Crippen LogP contribution in [0.5, 0.6) is 0 Å². The minimum Gasteiger partial charge on any atom is -0.382 e. The normalized spacial score (nSPS) is 10.9. The van der Waals surface area contributed by atoms with Crippen LogP contribution in [0, 0.1) is 0 Å². The van der Waals surface area contributed by atoms with Crippen LogP contribution in [0.3, 0.4) is 0 Å². The summed E-state index contributed by atoms with van der Waals surface area (Å²) >= 11 is 1.58. The maximum atomic E-state index is 5.79. The zero-order valence-corrected chi connectivity index (χ0v) is 8.45. The van der Waals surface area contributed by atoms with Gasteiger partial charge in [0.15, 0.2) is 11.6 Å². The third-order valence-electron chi connectivity index (χ3n) is 2.07. The number of fused-ring (bicyclic) bond motifs is 1. The molecule has 0 aliphatic carbocycles. The van der Waals surface area contributed by atoms with Gasteiger partial charge in [0.1, 0.15) is 11.0 Å². The second-order valence-electron chi connectivity index (χ2n) is 3.04. The van der Waals surface area contributed by atoms with Gasteiger partial charge in [-0.15, -0.1) is 11.3 Å². The van der Waals surface area contributed by atoms with Gasteiger partial charge >= 0.3 is 0 Å². The highest BCUT2D eigenvalue weighted by Crippen LogP contribution is 2.24. The van der Waals surface area contributed by atoms with Crippen molar-refractivity contribution in [3.8, 4) is 10.7 Å². The monoisotopic (exact) mass is 217 g/mol. The third-order valence-corrected chi connectivity index (χ3v) is 2.94. The molecule has 3 heterocycles. The molecule has 0 spiro atoms. The molecular weight excluding hydrogens is 210 g/mol. The molecule has 0 amide bonds. The molecule has 0 aromatic carbocycles. The molecule has 3 aromatic rings. The standard InChI is InChI=1S/C9H7N5S/c10-8-7-5(4-11-14-7)12-9(13-8)6-2-1-3-15-6/h1-4H,(H,11,14)(H2,10,12,13). The topological polar surface area (TPSA) is 80.5 Å². The number of nitrogens with one attached hydrogen (secondary N) is 1. The second-order valence-corrected chi connectivity index (χ2v) is 3.99. The largest absolute Gasteiger partial charge is 0.382 e. The number of hydrogen-bond acceptors (Lipinski definition) is 5. The first-order valence-corrected chi connectivity index (χ1v) is 5.23. The molecule has 0 unspecified atom stereocenters. The van der Waals surface area contributed by atoms with Crippen LogP contribution >= 0.6 is 11.3 Å². The van der Waals surface area contributed by atoms with Crippen molar-refractivity contribution in [3.63, 3.8) is 0 Å². The lowest BCUT2D eigenvalue weighted by Gasteiger charge is -1.98. The smallest absolute Gasteiger partial charge is 0.172 e. The molecule has 6 heteroatoms. The molecule has 0 aliphatic heterocycles. The highest BCUT2D eigenvalue weighted by Gasteiger charge is 2.08. The van der Waals surface area contributed by atoms with Crippen molar-refractivity contribution in [1.29, 1.82) is 0 Å². The van der Waals surface area contributed by atoms with Crippen molar-refractivity contribution in [3.05, 3.63) is 23.7 Å². The Kier molecular flexibility index (Phi) is 1.69. The number of hydrogen-bond donors (Lipinski definition) is 2. The number of nitrogens with two attached hydrogens (primary N) is 1. The lowest BCUT2D eigenvalue weighted by atomic mass is 10.4. The van der Waals surface area contributed by atoms with Gasteiger partial charge in [-0.05, 0) is 11.4 Å². The van der Waals surface area contributed by atoms with Gasteiger partial charge in [-0.1, -0.05) is 6.07 Å². The molecule has 3 rings (SSSR count). The van der Waals surface area contributed by atoms with E-state index < -0.39 is 0 Å². The quantitative estimate of drug-likeness (QED) is 0.649. The Morgan fingerprint density at radius 1 is 1.33 bits per heavy atom. The van der Waals surface area contributed by atoms with Crippen molar-refractivity contribution in [2.45, 2.75) is 0 Å². The molecule has 0 saturated carbocycles. The summed E-state index contributed by atoms with van der Waals surface area (Å²) in [6, 6.07) is 3.92. The summed E-state index contributed by atoms with van der Waals surface area (Å²) in [6.07, 6.45) is 1.64. The Bertz CT molecular complexity index is 598. The second kappa shape index (κ2) is 3.03. The average Bonchev–Trinajstić information content (AvgIpc) is 2.88. The predicted molar refractivity (Wildman–Crippen MR) is 59.4 cm³/mol. The van der Waals surface area contributed by atoms with E-state index in [0.717, 1.165) is 10.4 Å². The maximum Gasteiger partial charge on any atom is 0.172 e. The van der Waals surface area contributed by atoms with Gasteiger partial charge in [0, 0.05) is 0 Å². The summed E-state index contributed by atoms with van der Waals surface area (Å²) in [4.78, 5) is 9.59. The van der Waals surface area contributed by atoms with Gasteiger partial charge in [0.05, 0.1) is 11.1 Å². The van der Waals surface area contributed by atoms with E-state index in [1.165, 1.54) is 0 Å². The summed E-state index contributed by atoms with van der Waals surface area (Å²) in [7, 11) is 0. The van der Waals surface area contributed by atoms with Gasteiger partial charge in [-0.2, -0.15) is 5.10 Å². The Morgan fingerprint density at radius 2 is 2.27 bits per heavy atom. The van der Waals surface area contributed by atoms with Crippen molar-refractivity contribution in [2.75, 3.05) is 5.73 Å². The summed E-state index contributed by atoms with van der Waals surface area (Å²) in [5, 5.41) is 8.62. The summed E-state index contributed by atoms with van der Waals surface area (Å²) in [6.45, 7) is 0. The summed E-state index contributed by atoms with van der Waals surface area (Å²) < 4.78 is 0. The van der Waals surface area contributed by atoms with Crippen LogP contribution in [-0.2, 0) is 0 Å². The molecule has 3 aromatic heterocycles. The van der Waals surface area contributed by atoms with Crippen LogP contribution in [0.1, 0.15) is 0 Å². The van der Waals surface area contributed by atoms with E-state index in [1.54, 1.807) is 17.5 Å². The molecule has 0 saturated heterocycles. The highest BCUT2D eigenvalue weighted by atomic mass is 32.1. The fourth-order valence-corrected chi connectivity index (χ4v) is 2.04. The maximum absolute atomic E-state index is 5.79. The van der Waals surface area contributed by atoms with E-state index in [2.05, 4.69) is 20.2 Å². The molecule has 74 valence electrons. The third kappa shape index (κ3) is 1.26. The number of thiophene rings is 1. The molecule has 0 atom stereocenters. The van der Waals surface area contributed by atoms with Crippen molar-refractivity contribution in [2.24, 2.45) is 0 Å². The van der Waals surface area contributed by atoms with Crippen molar-refractivity contribution < 1.29 is 0 Å². The lowest BCUT2D eigenvalue weighted by molar-refractivity contribution is 1.12. The highest BCUT2D eigenvalue weighted by molar-refractivity contribution is 7.13. The Morgan fingerprint density at radius 3 is 3.07 bits per heavy atom. The zero-order valence-electron chi connectivity index (χ0n) is 7.64. The van der Waals surface area contributed by atoms with Crippen LogP contribution in [0.4, 0.5) is 5.82 Å². The predicted octanol–water partition coefficient (Wildman–Crippen LogP) is 1.66. The number of nitrogens with zero attached hydrogens (tertiary/aromatic N) is 3. The molecular formula is C9H7N5S. The van der Waals surface area contributed by atoms with Crippen molar-refractivity contribution >= 4 is 28.2 Å². The lowest BCUT2D eigenvalue weighted by Crippen LogP contribution is -1.96. The number of nitrogen functional groups attached to an aromatic ring is 1. The van der Waals surface area contributed by atoms with Crippen LogP contribution in [0.2, 0.25) is 0 Å². The van der Waals surface area contributed by atoms with E-state index in [0.29, 0.717) is 17.2 Å². The molecule has 0 radical (unpaired) electrons. The van der Waals surface area contributed by atoms with Crippen LogP contribution in [0.15, 0.2) is 23.7 Å². The SMILES string of the molecule is Nc1nc(-c2cccs2)nc2cn[nH]c12. The number of anilines is 1. The summed E-state index contributed by atoms with van der Waals surface area (Å²) in [5.74, 6) is 1.08. The zero-order chi connectivity index (χ0) is 10.3. The molecule has 15 heavy (non-hydrogen) atoms. The van der Waals surface area contributed by atoms with E-state index in [4.69, 9.17) is 5.73 Å². The van der Waals surface area contributed by atoms with E-state index in [-0.39, 0.29) is 0 Å². The average molecular weight is 217 g/mol. The fraction of sp³-hybridized carbons (Fsp3) is 0. The first kappa shape index (κ1) is 8.37. The minimum atomic E-state index is 0.431. The van der Waals surface area contributed by atoms with Gasteiger partial charge in [-0.25, -0.2) is 9.97 Å². The van der Waals surface area contributed by atoms with E-state index in [1.807, 2.05) is 17.5 Å². The molecule has 3 N–H and O–H groups in total. The Labute approximate surface area is 89.0 Å². The Hall–Kier alpha value is -1.95. The molecule has 0 aliphatic rings. The fourth-order valence-electron chi connectivity index (χ4n) is 1.38. The molecule has 5 nitrogen and oxygen atoms in total. The number of H-pyrrole nitrogens is 1.